The molecule has 1 aromatic carbocycles. The molecule has 1 aliphatic heterocycles. The van der Waals surface area contributed by atoms with Crippen molar-refractivity contribution in [3.05, 3.63) is 28.0 Å². The Bertz CT molecular complexity index is 461. The number of aryl methyl sites for hydroxylation is 1. The van der Waals surface area contributed by atoms with E-state index < -0.39 is 0 Å². The van der Waals surface area contributed by atoms with E-state index in [1.165, 1.54) is 0 Å². The van der Waals surface area contributed by atoms with E-state index in [4.69, 9.17) is 0 Å². The van der Waals surface area contributed by atoms with Gasteiger partial charge in [0.25, 0.3) is 0 Å². The molecular weight excluding hydrogens is 285 g/mol. The minimum atomic E-state index is -0.254. The summed E-state index contributed by atoms with van der Waals surface area (Å²) in [4.78, 5) is 13.6. The van der Waals surface area contributed by atoms with Crippen LogP contribution in [0, 0.1) is 18.7 Å². The van der Waals surface area contributed by atoms with Gasteiger partial charge < -0.3 is 4.90 Å². The van der Waals surface area contributed by atoms with Gasteiger partial charge in [-0.15, -0.1) is 0 Å². The second-order valence-corrected chi connectivity index (χ2v) is 5.47. The lowest BCUT2D eigenvalue weighted by molar-refractivity contribution is -0.122. The first kappa shape index (κ1) is 12.6. The Morgan fingerprint density at radius 3 is 2.82 bits per heavy atom. The van der Waals surface area contributed by atoms with Gasteiger partial charge in [0.2, 0.25) is 0 Å². The molecule has 4 heteroatoms. The summed E-state index contributed by atoms with van der Waals surface area (Å²) in [6.45, 7) is 5.26. The average molecular weight is 300 g/mol. The largest absolute Gasteiger partial charge is 0.370 e. The third-order valence-corrected chi connectivity index (χ3v) is 3.86. The van der Waals surface area contributed by atoms with Gasteiger partial charge in [-0.2, -0.15) is 0 Å². The first-order chi connectivity index (χ1) is 7.99. The SMILES string of the molecule is Cc1cc(Br)c(F)cc1N1CCC(=O)C(C)C1. The van der Waals surface area contributed by atoms with Crippen molar-refractivity contribution in [1.29, 1.82) is 0 Å². The highest BCUT2D eigenvalue weighted by Crippen LogP contribution is 2.29. The van der Waals surface area contributed by atoms with E-state index in [1.54, 1.807) is 12.1 Å². The quantitative estimate of drug-likeness (QED) is 0.793. The van der Waals surface area contributed by atoms with Gasteiger partial charge >= 0.3 is 0 Å². The van der Waals surface area contributed by atoms with Crippen molar-refractivity contribution in [1.82, 2.24) is 0 Å². The molecule has 0 N–H and O–H groups in total. The summed E-state index contributed by atoms with van der Waals surface area (Å²) in [7, 11) is 0. The highest BCUT2D eigenvalue weighted by molar-refractivity contribution is 9.10. The zero-order valence-electron chi connectivity index (χ0n) is 9.96. The number of hydrogen-bond donors (Lipinski definition) is 0. The maximum Gasteiger partial charge on any atom is 0.139 e. The van der Waals surface area contributed by atoms with Crippen molar-refractivity contribution in [2.75, 3.05) is 18.0 Å². The van der Waals surface area contributed by atoms with Crippen molar-refractivity contribution >= 4 is 27.4 Å². The first-order valence-electron chi connectivity index (χ1n) is 5.72. The molecule has 1 heterocycles. The summed E-state index contributed by atoms with van der Waals surface area (Å²) in [6.07, 6.45) is 0.554. The molecule has 0 aromatic heterocycles. The fourth-order valence-electron chi connectivity index (χ4n) is 2.21. The Kier molecular flexibility index (Phi) is 3.52. The van der Waals surface area contributed by atoms with Crippen LogP contribution in [0.3, 0.4) is 0 Å². The maximum atomic E-state index is 13.5. The highest BCUT2D eigenvalue weighted by atomic mass is 79.9. The van der Waals surface area contributed by atoms with Gasteiger partial charge in [-0.1, -0.05) is 6.92 Å². The molecule has 1 saturated heterocycles. The Hall–Kier alpha value is -0.900. The van der Waals surface area contributed by atoms with Crippen LogP contribution in [-0.2, 0) is 4.79 Å². The fourth-order valence-corrected chi connectivity index (χ4v) is 2.67. The Morgan fingerprint density at radius 1 is 1.47 bits per heavy atom. The van der Waals surface area contributed by atoms with Gasteiger partial charge in [0.1, 0.15) is 11.6 Å². The molecule has 1 unspecified atom stereocenters. The highest BCUT2D eigenvalue weighted by Gasteiger charge is 2.24. The molecule has 92 valence electrons. The van der Waals surface area contributed by atoms with Gasteiger partial charge in [-0.3, -0.25) is 4.79 Å². The Morgan fingerprint density at radius 2 is 2.18 bits per heavy atom. The third kappa shape index (κ3) is 2.51. The second-order valence-electron chi connectivity index (χ2n) is 4.62. The van der Waals surface area contributed by atoms with Crippen LogP contribution in [0.1, 0.15) is 18.9 Å². The van der Waals surface area contributed by atoms with Crippen LogP contribution in [0.4, 0.5) is 10.1 Å². The van der Waals surface area contributed by atoms with Crippen LogP contribution in [0.2, 0.25) is 0 Å². The Labute approximate surface area is 109 Å². The van der Waals surface area contributed by atoms with Crippen molar-refractivity contribution < 1.29 is 9.18 Å². The lowest BCUT2D eigenvalue weighted by Gasteiger charge is -2.33. The number of nitrogens with zero attached hydrogens (tertiary/aromatic N) is 1. The van der Waals surface area contributed by atoms with E-state index in [-0.39, 0.29) is 11.7 Å². The van der Waals surface area contributed by atoms with Gasteiger partial charge in [-0.05, 0) is 40.5 Å². The van der Waals surface area contributed by atoms with Crippen LogP contribution in [0.5, 0.6) is 0 Å². The zero-order valence-corrected chi connectivity index (χ0v) is 11.6. The normalized spacial score (nSPS) is 20.8. The van der Waals surface area contributed by atoms with Crippen LogP contribution in [0.25, 0.3) is 0 Å². The lowest BCUT2D eigenvalue weighted by atomic mass is 9.97. The lowest BCUT2D eigenvalue weighted by Crippen LogP contribution is -2.40. The number of anilines is 1. The van der Waals surface area contributed by atoms with Gasteiger partial charge in [0.15, 0.2) is 0 Å². The summed E-state index contributed by atoms with van der Waals surface area (Å²) < 4.78 is 14.0. The molecule has 0 amide bonds. The molecule has 0 radical (unpaired) electrons. The monoisotopic (exact) mass is 299 g/mol. The molecule has 0 bridgehead atoms. The molecule has 2 nitrogen and oxygen atoms in total. The van der Waals surface area contributed by atoms with E-state index >= 15 is 0 Å². The van der Waals surface area contributed by atoms with Crippen LogP contribution in [-0.4, -0.2) is 18.9 Å². The van der Waals surface area contributed by atoms with Gasteiger partial charge in [-0.25, -0.2) is 4.39 Å². The molecule has 1 fully saturated rings. The molecule has 1 aromatic rings. The summed E-state index contributed by atoms with van der Waals surface area (Å²) in [6, 6.07) is 3.33. The van der Waals surface area contributed by atoms with Crippen molar-refractivity contribution in [2.45, 2.75) is 20.3 Å². The molecule has 17 heavy (non-hydrogen) atoms. The molecule has 0 aliphatic carbocycles. The number of carbonyl (C=O) groups is 1. The molecular formula is C13H15BrFNO. The van der Waals surface area contributed by atoms with E-state index in [0.717, 1.165) is 11.3 Å². The number of hydrogen-bond acceptors (Lipinski definition) is 2. The predicted octanol–water partition coefficient (Wildman–Crippen LogP) is 3.31. The van der Waals surface area contributed by atoms with E-state index in [0.29, 0.717) is 29.8 Å². The van der Waals surface area contributed by atoms with Crippen LogP contribution < -0.4 is 4.90 Å². The van der Waals surface area contributed by atoms with E-state index in [9.17, 15) is 9.18 Å². The predicted molar refractivity (Wildman–Crippen MR) is 69.8 cm³/mol. The van der Waals surface area contributed by atoms with Crippen molar-refractivity contribution in [3.8, 4) is 0 Å². The topological polar surface area (TPSA) is 20.3 Å². The van der Waals surface area contributed by atoms with E-state index in [1.807, 2.05) is 13.8 Å². The maximum absolute atomic E-state index is 13.5. The molecule has 0 saturated carbocycles. The number of carbonyl (C=O) groups excluding carboxylic acids is 1. The van der Waals surface area contributed by atoms with Crippen LogP contribution in [0.15, 0.2) is 16.6 Å². The molecule has 1 aliphatic rings. The summed E-state index contributed by atoms with van der Waals surface area (Å²) in [5.74, 6) is 0.0847. The number of rotatable bonds is 1. The second kappa shape index (κ2) is 4.77. The smallest absolute Gasteiger partial charge is 0.139 e. The fraction of sp³-hybridized carbons (Fsp3) is 0.462. The standard InChI is InChI=1S/C13H15BrFNO/c1-8-5-10(14)11(15)6-12(8)16-4-3-13(17)9(2)7-16/h5-6,9H,3-4,7H2,1-2H3. The molecule has 2 rings (SSSR count). The summed E-state index contributed by atoms with van der Waals surface area (Å²) in [5.41, 5.74) is 1.92. The minimum Gasteiger partial charge on any atom is -0.370 e. The number of halogens is 2. The van der Waals surface area contributed by atoms with E-state index in [2.05, 4.69) is 20.8 Å². The molecule has 1 atom stereocenters. The average Bonchev–Trinajstić information content (AvgIpc) is 2.27. The minimum absolute atomic E-state index is 0.0369. The van der Waals surface area contributed by atoms with Crippen molar-refractivity contribution in [3.63, 3.8) is 0 Å². The number of ketones is 1. The third-order valence-electron chi connectivity index (χ3n) is 3.25. The summed E-state index contributed by atoms with van der Waals surface area (Å²) >= 11 is 3.18. The zero-order chi connectivity index (χ0) is 12.6. The number of benzene rings is 1. The number of Topliss-reactive ketones (excluding diaryl/α,β-unsaturated/α-hetero) is 1. The van der Waals surface area contributed by atoms with Crippen LogP contribution >= 0.6 is 15.9 Å². The van der Waals surface area contributed by atoms with Gasteiger partial charge in [0, 0.05) is 31.1 Å². The summed E-state index contributed by atoms with van der Waals surface area (Å²) in [5, 5.41) is 0. The van der Waals surface area contributed by atoms with Crippen molar-refractivity contribution in [2.24, 2.45) is 5.92 Å². The molecule has 0 spiro atoms. The van der Waals surface area contributed by atoms with Gasteiger partial charge in [0.05, 0.1) is 4.47 Å². The Balaban J connectivity index is 2.29. The number of piperidine rings is 1. The first-order valence-corrected chi connectivity index (χ1v) is 6.51.